The summed E-state index contributed by atoms with van der Waals surface area (Å²) in [6.07, 6.45) is -1.17. The van der Waals surface area contributed by atoms with E-state index >= 15 is 0 Å². The third-order valence-corrected chi connectivity index (χ3v) is 6.01. The lowest BCUT2D eigenvalue weighted by Crippen LogP contribution is -2.45. The zero-order valence-electron chi connectivity index (χ0n) is 10.3. The van der Waals surface area contributed by atoms with Crippen LogP contribution in [0, 0.1) is 40.5 Å². The molecule has 114 valence electrons. The Morgan fingerprint density at radius 1 is 0.700 bits per heavy atom. The molecule has 0 aliphatic rings. The van der Waals surface area contributed by atoms with Crippen molar-refractivity contribution in [1.29, 1.82) is 0 Å². The summed E-state index contributed by atoms with van der Waals surface area (Å²) in [4.78, 5) is 32.9. The molecular formula is C6H10N4O8S2. The van der Waals surface area contributed by atoms with Gasteiger partial charge in [0.2, 0.25) is 0 Å². The topological polar surface area (TPSA) is 173 Å². The molecule has 0 atom stereocenters. The molecule has 0 aliphatic heterocycles. The molecule has 0 bridgehead atoms. The first kappa shape index (κ1) is 18.3. The Morgan fingerprint density at radius 3 is 1.00 bits per heavy atom. The zero-order chi connectivity index (χ0) is 16.1. The van der Waals surface area contributed by atoms with Crippen LogP contribution < -0.4 is 0 Å². The van der Waals surface area contributed by atoms with Crippen LogP contribution in [0.4, 0.5) is 0 Å². The van der Waals surface area contributed by atoms with Crippen molar-refractivity contribution < 1.29 is 19.7 Å². The van der Waals surface area contributed by atoms with Gasteiger partial charge in [-0.3, -0.25) is 40.5 Å². The minimum Gasteiger partial charge on any atom is -0.258 e. The molecule has 0 radical (unpaired) electrons. The van der Waals surface area contributed by atoms with Crippen molar-refractivity contribution in [2.45, 2.75) is 36.7 Å². The summed E-state index contributed by atoms with van der Waals surface area (Å²) in [5.74, 6) is 0. The summed E-state index contributed by atoms with van der Waals surface area (Å²) in [7, 11) is -0.183. The van der Waals surface area contributed by atoms with Crippen molar-refractivity contribution >= 4 is 21.6 Å². The van der Waals surface area contributed by atoms with Crippen LogP contribution >= 0.6 is 21.6 Å². The molecule has 0 fully saturated rings. The molecule has 0 rings (SSSR count). The van der Waals surface area contributed by atoms with Crippen LogP contribution in [0.3, 0.4) is 0 Å². The lowest BCUT2D eigenvalue weighted by molar-refractivity contribution is -0.764. The van der Waals surface area contributed by atoms with Gasteiger partial charge < -0.3 is 0 Å². The van der Waals surface area contributed by atoms with Gasteiger partial charge in [-0.15, -0.1) is 0 Å². The van der Waals surface area contributed by atoms with Crippen molar-refractivity contribution in [2.24, 2.45) is 0 Å². The largest absolute Gasteiger partial charge is 0.515 e. The van der Waals surface area contributed by atoms with E-state index in [4.69, 9.17) is 0 Å². The second-order valence-corrected chi connectivity index (χ2v) is 6.03. The summed E-state index contributed by atoms with van der Waals surface area (Å²) in [6, 6.07) is 0. The predicted molar refractivity (Wildman–Crippen MR) is 69.2 cm³/mol. The van der Waals surface area contributed by atoms with Crippen LogP contribution in [0.5, 0.6) is 0 Å². The van der Waals surface area contributed by atoms with Gasteiger partial charge in [0, 0.05) is 0 Å². The van der Waals surface area contributed by atoms with E-state index in [1.54, 1.807) is 0 Å². The average Bonchev–Trinajstić information content (AvgIpc) is 2.33. The SMILES string of the molecule is CCC(SSC(CC)([N+](=O)[O-])[N+](=O)[O-])([N+](=O)[O-])[N+](=O)[O-]. The lowest BCUT2D eigenvalue weighted by Gasteiger charge is -2.17. The fraction of sp³-hybridized carbons (Fsp3) is 1.00. The highest BCUT2D eigenvalue weighted by Gasteiger charge is 2.64. The molecule has 0 aliphatic carbocycles. The van der Waals surface area contributed by atoms with E-state index in [1.807, 2.05) is 0 Å². The molecule has 0 heterocycles. The van der Waals surface area contributed by atoms with Gasteiger partial charge in [0.25, 0.3) is 0 Å². The van der Waals surface area contributed by atoms with Crippen molar-refractivity contribution in [3.63, 3.8) is 0 Å². The zero-order valence-corrected chi connectivity index (χ0v) is 11.9. The minimum atomic E-state index is -2.77. The summed E-state index contributed by atoms with van der Waals surface area (Å²) in [5, 5.41) is 43.3. The normalized spacial score (nSPS) is 11.9. The standard InChI is InChI=1S/C6H10N4O8S2/c1-3-5(7(11)12,8(13)14)19-20-6(4-2,9(15)16)10(17)18/h3-4H2,1-2H3. The second kappa shape index (κ2) is 6.65. The number of hydrogen-bond acceptors (Lipinski definition) is 10. The molecule has 0 saturated heterocycles. The van der Waals surface area contributed by atoms with Crippen LogP contribution in [0.1, 0.15) is 26.7 Å². The fourth-order valence-corrected chi connectivity index (χ4v) is 4.01. The number of nitrogens with zero attached hydrogens (tertiary/aromatic N) is 4. The molecule has 0 saturated carbocycles. The van der Waals surface area contributed by atoms with Gasteiger partial charge in [-0.05, 0) is 13.8 Å². The van der Waals surface area contributed by atoms with Gasteiger partial charge >= 0.3 is 9.99 Å². The molecule has 20 heavy (non-hydrogen) atoms. The molecule has 0 aromatic carbocycles. The van der Waals surface area contributed by atoms with E-state index in [2.05, 4.69) is 0 Å². The van der Waals surface area contributed by atoms with Crippen molar-refractivity contribution in [1.82, 2.24) is 0 Å². The van der Waals surface area contributed by atoms with Gasteiger partial charge in [-0.1, -0.05) is 0 Å². The Balaban J connectivity index is 5.48. The van der Waals surface area contributed by atoms with Crippen LogP contribution in [0.15, 0.2) is 0 Å². The molecule has 0 spiro atoms. The maximum absolute atomic E-state index is 10.8. The minimum absolute atomic E-state index is 0.0914. The van der Waals surface area contributed by atoms with Crippen molar-refractivity contribution in [3.05, 3.63) is 40.5 Å². The number of nitro groups is 4. The molecule has 0 unspecified atom stereocenters. The van der Waals surface area contributed by atoms with Crippen LogP contribution in [-0.4, -0.2) is 29.7 Å². The van der Waals surface area contributed by atoms with Crippen molar-refractivity contribution in [2.75, 3.05) is 0 Å². The average molecular weight is 330 g/mol. The maximum atomic E-state index is 10.8. The molecule has 0 amide bonds. The predicted octanol–water partition coefficient (Wildman–Crippen LogP) is 1.60. The van der Waals surface area contributed by atoms with Crippen LogP contribution in [0.25, 0.3) is 0 Å². The fourth-order valence-electron chi connectivity index (χ4n) is 1.02. The highest BCUT2D eigenvalue weighted by Crippen LogP contribution is 2.47. The van der Waals surface area contributed by atoms with Gasteiger partial charge in [0.05, 0.1) is 34.4 Å². The molecule has 12 nitrogen and oxygen atoms in total. The molecular weight excluding hydrogens is 320 g/mol. The number of hydrogen-bond donors (Lipinski definition) is 0. The molecule has 14 heteroatoms. The second-order valence-electron chi connectivity index (χ2n) is 3.39. The Labute approximate surface area is 119 Å². The van der Waals surface area contributed by atoms with Gasteiger partial charge in [0.15, 0.2) is 0 Å². The van der Waals surface area contributed by atoms with Gasteiger partial charge in [-0.2, -0.15) is 0 Å². The van der Waals surface area contributed by atoms with Gasteiger partial charge in [0.1, 0.15) is 19.7 Å². The van der Waals surface area contributed by atoms with E-state index in [-0.39, 0.29) is 21.6 Å². The van der Waals surface area contributed by atoms with E-state index < -0.39 is 42.5 Å². The van der Waals surface area contributed by atoms with E-state index in [9.17, 15) is 40.5 Å². The first-order valence-corrected chi connectivity index (χ1v) is 7.20. The Hall–Kier alpha value is -1.70. The summed E-state index contributed by atoms with van der Waals surface area (Å²) < 4.78 is 0. The van der Waals surface area contributed by atoms with E-state index in [1.165, 1.54) is 0 Å². The van der Waals surface area contributed by atoms with E-state index in [0.717, 1.165) is 13.8 Å². The van der Waals surface area contributed by atoms with Gasteiger partial charge in [-0.25, -0.2) is 0 Å². The van der Waals surface area contributed by atoms with Crippen molar-refractivity contribution in [3.8, 4) is 0 Å². The quantitative estimate of drug-likeness (QED) is 0.261. The first-order valence-electron chi connectivity index (χ1n) is 5.05. The highest BCUT2D eigenvalue weighted by molar-refractivity contribution is 8.77. The Bertz CT molecular complexity index is 375. The van der Waals surface area contributed by atoms with Crippen LogP contribution in [0.2, 0.25) is 0 Å². The summed E-state index contributed by atoms with van der Waals surface area (Å²) in [5.41, 5.74) is 0. The highest BCUT2D eigenvalue weighted by atomic mass is 33.1. The molecule has 0 aromatic rings. The summed E-state index contributed by atoms with van der Waals surface area (Å²) >= 11 is 0. The summed E-state index contributed by atoms with van der Waals surface area (Å²) in [6.45, 7) is 2.29. The lowest BCUT2D eigenvalue weighted by atomic mass is 10.4. The first-order chi connectivity index (χ1) is 9.10. The monoisotopic (exact) mass is 330 g/mol. The Morgan fingerprint density at radius 2 is 0.900 bits per heavy atom. The van der Waals surface area contributed by atoms with Crippen LogP contribution in [-0.2, 0) is 0 Å². The number of rotatable bonds is 9. The molecule has 0 aromatic heterocycles. The Kier molecular flexibility index (Phi) is 6.08. The third-order valence-electron chi connectivity index (χ3n) is 2.37. The van der Waals surface area contributed by atoms with E-state index in [0.29, 0.717) is 0 Å². The third kappa shape index (κ3) is 3.06. The molecule has 0 N–H and O–H groups in total. The smallest absolute Gasteiger partial charge is 0.258 e. The maximum Gasteiger partial charge on any atom is 0.515 e.